The van der Waals surface area contributed by atoms with Gasteiger partial charge in [-0.1, -0.05) is 12.1 Å². The first-order valence-electron chi connectivity index (χ1n) is 9.28. The van der Waals surface area contributed by atoms with Crippen molar-refractivity contribution >= 4 is 23.7 Å². The van der Waals surface area contributed by atoms with E-state index in [1.807, 2.05) is 24.3 Å². The average molecular weight is 392 g/mol. The Labute approximate surface area is 167 Å². The normalized spacial score (nSPS) is 15.9. The number of para-hydroxylation sites is 1. The Morgan fingerprint density at radius 3 is 2.76 bits per heavy atom. The molecule has 3 heterocycles. The number of nitrogens with one attached hydrogen (secondary N) is 2. The van der Waals surface area contributed by atoms with Gasteiger partial charge in [0.25, 0.3) is 5.91 Å². The molecule has 0 radical (unpaired) electrons. The van der Waals surface area contributed by atoms with Gasteiger partial charge in [0, 0.05) is 18.7 Å². The van der Waals surface area contributed by atoms with E-state index in [0.717, 1.165) is 5.69 Å². The first-order valence-corrected chi connectivity index (χ1v) is 9.28. The summed E-state index contributed by atoms with van der Waals surface area (Å²) in [5.74, 6) is 0.854. The maximum atomic E-state index is 13.0. The number of hydrazone groups is 1. The van der Waals surface area contributed by atoms with Gasteiger partial charge in [0.2, 0.25) is 5.91 Å². The van der Waals surface area contributed by atoms with Crippen LogP contribution in [0.25, 0.3) is 0 Å². The van der Waals surface area contributed by atoms with E-state index in [0.29, 0.717) is 30.0 Å². The standard InChI is InChI=1S/C21H20N4O4/c26-19(24-22-14-15-6-4-12-28-15)10-3-11-25-20(18-9-5-13-29-18)23-17-8-2-1-7-16(17)21(25)27/h1-2,4-9,12-14,20,23H,3,10-11H2,(H,24,26)/b22-14+. The van der Waals surface area contributed by atoms with E-state index in [1.54, 1.807) is 35.4 Å². The Bertz CT molecular complexity index is 996. The number of rotatable bonds is 7. The zero-order chi connectivity index (χ0) is 20.1. The minimum absolute atomic E-state index is 0.100. The lowest BCUT2D eigenvalue weighted by atomic mass is 10.1. The molecule has 1 atom stereocenters. The number of carbonyl (C=O) groups is 2. The molecule has 0 aliphatic carbocycles. The van der Waals surface area contributed by atoms with Gasteiger partial charge in [-0.05, 0) is 42.8 Å². The molecule has 1 aromatic carbocycles. The van der Waals surface area contributed by atoms with Crippen molar-refractivity contribution in [1.29, 1.82) is 0 Å². The van der Waals surface area contributed by atoms with Crippen LogP contribution < -0.4 is 10.7 Å². The molecule has 0 fully saturated rings. The summed E-state index contributed by atoms with van der Waals surface area (Å²) in [6, 6.07) is 14.4. The molecule has 0 bridgehead atoms. The number of anilines is 1. The van der Waals surface area contributed by atoms with Crippen LogP contribution in [-0.2, 0) is 4.79 Å². The lowest BCUT2D eigenvalue weighted by Crippen LogP contribution is -2.43. The van der Waals surface area contributed by atoms with Crippen LogP contribution in [0, 0.1) is 0 Å². The molecule has 0 saturated carbocycles. The highest BCUT2D eigenvalue weighted by Gasteiger charge is 2.33. The van der Waals surface area contributed by atoms with Crippen molar-refractivity contribution in [2.45, 2.75) is 19.0 Å². The lowest BCUT2D eigenvalue weighted by molar-refractivity contribution is -0.121. The summed E-state index contributed by atoms with van der Waals surface area (Å²) in [7, 11) is 0. The topological polar surface area (TPSA) is 100 Å². The van der Waals surface area contributed by atoms with Gasteiger partial charge in [0.1, 0.15) is 11.5 Å². The fourth-order valence-electron chi connectivity index (χ4n) is 3.19. The fraction of sp³-hybridized carbons (Fsp3) is 0.190. The van der Waals surface area contributed by atoms with Gasteiger partial charge < -0.3 is 19.1 Å². The summed E-state index contributed by atoms with van der Waals surface area (Å²) in [6.45, 7) is 0.390. The molecule has 0 saturated heterocycles. The maximum Gasteiger partial charge on any atom is 0.257 e. The molecule has 2 N–H and O–H groups in total. The Balaban J connectivity index is 1.38. The molecule has 0 spiro atoms. The third-order valence-corrected chi connectivity index (χ3v) is 4.56. The van der Waals surface area contributed by atoms with E-state index in [1.165, 1.54) is 12.5 Å². The molecule has 8 heteroatoms. The lowest BCUT2D eigenvalue weighted by Gasteiger charge is -2.36. The molecular formula is C21H20N4O4. The molecule has 8 nitrogen and oxygen atoms in total. The van der Waals surface area contributed by atoms with Crippen molar-refractivity contribution in [2.75, 3.05) is 11.9 Å². The zero-order valence-corrected chi connectivity index (χ0v) is 15.6. The predicted octanol–water partition coefficient (Wildman–Crippen LogP) is 3.37. The number of hydrogen-bond donors (Lipinski definition) is 2. The minimum atomic E-state index is -0.424. The SMILES string of the molecule is O=C(CCCN1C(=O)c2ccccc2NC1c1ccco1)N/N=C/c1ccco1. The second-order valence-corrected chi connectivity index (χ2v) is 6.52. The maximum absolute atomic E-state index is 13.0. The Hall–Kier alpha value is -3.81. The van der Waals surface area contributed by atoms with Crippen molar-refractivity contribution < 1.29 is 18.4 Å². The van der Waals surface area contributed by atoms with Crippen LogP contribution in [0.2, 0.25) is 0 Å². The second kappa shape index (κ2) is 8.47. The first-order chi connectivity index (χ1) is 14.2. The van der Waals surface area contributed by atoms with Gasteiger partial charge in [-0.2, -0.15) is 5.10 Å². The number of nitrogens with zero attached hydrogens (tertiary/aromatic N) is 2. The van der Waals surface area contributed by atoms with Crippen molar-refractivity contribution in [3.05, 3.63) is 78.1 Å². The van der Waals surface area contributed by atoms with E-state index in [-0.39, 0.29) is 18.2 Å². The second-order valence-electron chi connectivity index (χ2n) is 6.52. The van der Waals surface area contributed by atoms with E-state index >= 15 is 0 Å². The third-order valence-electron chi connectivity index (χ3n) is 4.56. The summed E-state index contributed by atoms with van der Waals surface area (Å²) in [6.07, 6.45) is 4.82. The average Bonchev–Trinajstić information content (AvgIpc) is 3.44. The largest absolute Gasteiger partial charge is 0.465 e. The van der Waals surface area contributed by atoms with Crippen molar-refractivity contribution in [3.63, 3.8) is 0 Å². The Morgan fingerprint density at radius 1 is 1.14 bits per heavy atom. The van der Waals surface area contributed by atoms with Crippen LogP contribution in [0.5, 0.6) is 0 Å². The van der Waals surface area contributed by atoms with Crippen molar-refractivity contribution in [1.82, 2.24) is 10.3 Å². The van der Waals surface area contributed by atoms with Crippen molar-refractivity contribution in [2.24, 2.45) is 5.10 Å². The van der Waals surface area contributed by atoms with E-state index in [4.69, 9.17) is 8.83 Å². The molecule has 1 aliphatic heterocycles. The highest BCUT2D eigenvalue weighted by atomic mass is 16.3. The van der Waals surface area contributed by atoms with Gasteiger partial charge in [0.05, 0.1) is 24.3 Å². The van der Waals surface area contributed by atoms with Crippen LogP contribution in [0.3, 0.4) is 0 Å². The summed E-state index contributed by atoms with van der Waals surface area (Å²) in [5, 5.41) is 7.20. The minimum Gasteiger partial charge on any atom is -0.465 e. The van der Waals surface area contributed by atoms with Gasteiger partial charge >= 0.3 is 0 Å². The molecular weight excluding hydrogens is 372 g/mol. The number of fused-ring (bicyclic) bond motifs is 1. The van der Waals surface area contributed by atoms with E-state index < -0.39 is 6.17 Å². The summed E-state index contributed by atoms with van der Waals surface area (Å²) < 4.78 is 10.6. The molecule has 2 amide bonds. The van der Waals surface area contributed by atoms with Crippen LogP contribution in [-0.4, -0.2) is 29.5 Å². The smallest absolute Gasteiger partial charge is 0.257 e. The van der Waals surface area contributed by atoms with Crippen LogP contribution in [0.1, 0.15) is 40.9 Å². The quantitative estimate of drug-likeness (QED) is 0.474. The van der Waals surface area contributed by atoms with Gasteiger partial charge in [-0.3, -0.25) is 9.59 Å². The third kappa shape index (κ3) is 4.21. The number of benzene rings is 1. The first kappa shape index (κ1) is 18.5. The zero-order valence-electron chi connectivity index (χ0n) is 15.6. The van der Waals surface area contributed by atoms with Gasteiger partial charge in [0.15, 0.2) is 6.17 Å². The molecule has 29 heavy (non-hydrogen) atoms. The monoisotopic (exact) mass is 392 g/mol. The molecule has 1 aliphatic rings. The highest BCUT2D eigenvalue weighted by molar-refractivity contribution is 6.01. The summed E-state index contributed by atoms with van der Waals surface area (Å²) >= 11 is 0. The number of hydrogen-bond acceptors (Lipinski definition) is 6. The molecule has 4 rings (SSSR count). The fourth-order valence-corrected chi connectivity index (χ4v) is 3.19. The van der Waals surface area contributed by atoms with Crippen molar-refractivity contribution in [3.8, 4) is 0 Å². The highest BCUT2D eigenvalue weighted by Crippen LogP contribution is 2.33. The number of carbonyl (C=O) groups excluding carboxylic acids is 2. The molecule has 148 valence electrons. The molecule has 3 aromatic rings. The number of amides is 2. The van der Waals surface area contributed by atoms with Gasteiger partial charge in [-0.25, -0.2) is 5.43 Å². The number of furan rings is 2. The van der Waals surface area contributed by atoms with Crippen LogP contribution in [0.15, 0.2) is 75.0 Å². The molecule has 2 aromatic heterocycles. The van der Waals surface area contributed by atoms with Crippen LogP contribution >= 0.6 is 0 Å². The van der Waals surface area contributed by atoms with Gasteiger partial charge in [-0.15, -0.1) is 0 Å². The van der Waals surface area contributed by atoms with Crippen LogP contribution in [0.4, 0.5) is 5.69 Å². The molecule has 1 unspecified atom stereocenters. The summed E-state index contributed by atoms with van der Waals surface area (Å²) in [5.41, 5.74) is 3.82. The van der Waals surface area contributed by atoms with E-state index in [2.05, 4.69) is 15.8 Å². The Kier molecular flexibility index (Phi) is 5.42. The Morgan fingerprint density at radius 2 is 1.97 bits per heavy atom. The summed E-state index contributed by atoms with van der Waals surface area (Å²) in [4.78, 5) is 26.7. The predicted molar refractivity (Wildman–Crippen MR) is 106 cm³/mol. The van der Waals surface area contributed by atoms with E-state index in [9.17, 15) is 9.59 Å².